The number of aliphatic imine (C=N–C) groups is 1. The fourth-order valence-corrected chi connectivity index (χ4v) is 2.99. The molecule has 0 aromatic rings. The predicted octanol–water partition coefficient (Wildman–Crippen LogP) is 2.84. The number of hydrogen-bond acceptors (Lipinski definition) is 1. The van der Waals surface area contributed by atoms with Crippen molar-refractivity contribution in [3.8, 4) is 0 Å². The van der Waals surface area contributed by atoms with E-state index in [9.17, 15) is 0 Å². The summed E-state index contributed by atoms with van der Waals surface area (Å²) in [5.41, 5.74) is 0. The first kappa shape index (κ1) is 13.4. The van der Waals surface area contributed by atoms with Crippen LogP contribution in [0.15, 0.2) is 17.1 Å². The summed E-state index contributed by atoms with van der Waals surface area (Å²) >= 11 is 0. The van der Waals surface area contributed by atoms with Gasteiger partial charge < -0.3 is 10.6 Å². The van der Waals surface area contributed by atoms with E-state index in [4.69, 9.17) is 0 Å². The highest BCUT2D eigenvalue weighted by molar-refractivity contribution is 5.80. The molecule has 3 nitrogen and oxygen atoms in total. The summed E-state index contributed by atoms with van der Waals surface area (Å²) in [5, 5.41) is 6.93. The van der Waals surface area contributed by atoms with Crippen molar-refractivity contribution in [1.82, 2.24) is 10.6 Å². The molecule has 3 heteroatoms. The standard InChI is InChI=1S/C15H27N3/c1-16-15(18-14-9-5-6-10-14)17-12-11-13-7-3-2-4-8-13/h5-6,13-14H,2-4,7-12H2,1H3,(H2,16,17,18). The molecule has 2 rings (SSSR count). The van der Waals surface area contributed by atoms with Crippen LogP contribution in [0.2, 0.25) is 0 Å². The van der Waals surface area contributed by atoms with Crippen LogP contribution in [0.1, 0.15) is 51.4 Å². The number of guanidine groups is 1. The predicted molar refractivity (Wildman–Crippen MR) is 77.9 cm³/mol. The third kappa shape index (κ3) is 4.35. The Morgan fingerprint density at radius 3 is 2.56 bits per heavy atom. The van der Waals surface area contributed by atoms with Gasteiger partial charge in [-0.3, -0.25) is 4.99 Å². The van der Waals surface area contributed by atoms with E-state index in [-0.39, 0.29) is 0 Å². The highest BCUT2D eigenvalue weighted by Crippen LogP contribution is 2.25. The zero-order valence-electron chi connectivity index (χ0n) is 11.6. The van der Waals surface area contributed by atoms with Crippen molar-refractivity contribution in [2.45, 2.75) is 57.4 Å². The van der Waals surface area contributed by atoms with E-state index < -0.39 is 0 Å². The zero-order valence-corrected chi connectivity index (χ0v) is 11.6. The van der Waals surface area contributed by atoms with Gasteiger partial charge in [0.15, 0.2) is 5.96 Å². The fourth-order valence-electron chi connectivity index (χ4n) is 2.99. The highest BCUT2D eigenvalue weighted by atomic mass is 15.2. The maximum atomic E-state index is 4.30. The lowest BCUT2D eigenvalue weighted by Gasteiger charge is -2.22. The van der Waals surface area contributed by atoms with E-state index in [0.29, 0.717) is 6.04 Å². The number of rotatable bonds is 4. The molecule has 0 amide bonds. The molecule has 0 unspecified atom stereocenters. The largest absolute Gasteiger partial charge is 0.356 e. The molecular formula is C15H27N3. The van der Waals surface area contributed by atoms with Gasteiger partial charge in [0.1, 0.15) is 0 Å². The molecule has 1 saturated carbocycles. The Kier molecular flexibility index (Phi) is 5.56. The van der Waals surface area contributed by atoms with Crippen molar-refractivity contribution in [2.24, 2.45) is 10.9 Å². The Hall–Kier alpha value is -0.990. The summed E-state index contributed by atoms with van der Waals surface area (Å²) in [4.78, 5) is 4.30. The molecule has 2 N–H and O–H groups in total. The summed E-state index contributed by atoms with van der Waals surface area (Å²) in [6.07, 6.45) is 15.2. The SMILES string of the molecule is CN=C(NCCC1CCCCC1)NC1CC=CC1. The summed E-state index contributed by atoms with van der Waals surface area (Å²) in [6.45, 7) is 1.06. The third-order valence-electron chi connectivity index (χ3n) is 4.14. The lowest BCUT2D eigenvalue weighted by atomic mass is 9.87. The van der Waals surface area contributed by atoms with Gasteiger partial charge in [-0.05, 0) is 25.2 Å². The molecule has 0 radical (unpaired) electrons. The van der Waals surface area contributed by atoms with Crippen molar-refractivity contribution in [1.29, 1.82) is 0 Å². The molecule has 0 bridgehead atoms. The molecule has 1 fully saturated rings. The molecule has 2 aliphatic rings. The second kappa shape index (κ2) is 7.45. The van der Waals surface area contributed by atoms with Crippen LogP contribution in [0.3, 0.4) is 0 Å². The van der Waals surface area contributed by atoms with E-state index in [1.165, 1.54) is 38.5 Å². The Bertz CT molecular complexity index is 282. The van der Waals surface area contributed by atoms with Crippen LogP contribution in [-0.2, 0) is 0 Å². The van der Waals surface area contributed by atoms with E-state index in [0.717, 1.165) is 31.3 Å². The molecular weight excluding hydrogens is 222 g/mol. The van der Waals surface area contributed by atoms with Crippen molar-refractivity contribution < 1.29 is 0 Å². The first-order valence-electron chi connectivity index (χ1n) is 7.50. The Morgan fingerprint density at radius 1 is 1.17 bits per heavy atom. The molecule has 102 valence electrons. The summed E-state index contributed by atoms with van der Waals surface area (Å²) < 4.78 is 0. The van der Waals surface area contributed by atoms with Crippen LogP contribution >= 0.6 is 0 Å². The van der Waals surface area contributed by atoms with Crippen LogP contribution in [-0.4, -0.2) is 25.6 Å². The molecule has 0 saturated heterocycles. The van der Waals surface area contributed by atoms with E-state index in [1.54, 1.807) is 0 Å². The molecule has 0 aromatic carbocycles. The highest BCUT2D eigenvalue weighted by Gasteiger charge is 2.14. The van der Waals surface area contributed by atoms with Gasteiger partial charge in [0, 0.05) is 19.6 Å². The Balaban J connectivity index is 1.61. The second-order valence-corrected chi connectivity index (χ2v) is 5.58. The van der Waals surface area contributed by atoms with Gasteiger partial charge in [0.2, 0.25) is 0 Å². The Labute approximate surface area is 111 Å². The quantitative estimate of drug-likeness (QED) is 0.456. The lowest BCUT2D eigenvalue weighted by molar-refractivity contribution is 0.339. The van der Waals surface area contributed by atoms with Crippen LogP contribution in [0.25, 0.3) is 0 Å². The minimum Gasteiger partial charge on any atom is -0.356 e. The third-order valence-corrected chi connectivity index (χ3v) is 4.14. The van der Waals surface area contributed by atoms with Gasteiger partial charge in [0.25, 0.3) is 0 Å². The van der Waals surface area contributed by atoms with Crippen molar-refractivity contribution >= 4 is 5.96 Å². The number of nitrogens with one attached hydrogen (secondary N) is 2. The summed E-state index contributed by atoms with van der Waals surface area (Å²) in [5.74, 6) is 1.91. The molecule has 0 aliphatic heterocycles. The fraction of sp³-hybridized carbons (Fsp3) is 0.800. The normalized spacial score (nSPS) is 22.4. The first-order chi connectivity index (χ1) is 8.88. The van der Waals surface area contributed by atoms with Gasteiger partial charge in [-0.25, -0.2) is 0 Å². The number of hydrogen-bond donors (Lipinski definition) is 2. The zero-order chi connectivity index (χ0) is 12.6. The molecule has 0 atom stereocenters. The van der Waals surface area contributed by atoms with Gasteiger partial charge >= 0.3 is 0 Å². The van der Waals surface area contributed by atoms with E-state index in [2.05, 4.69) is 27.8 Å². The topological polar surface area (TPSA) is 36.4 Å². The van der Waals surface area contributed by atoms with Crippen LogP contribution in [0, 0.1) is 5.92 Å². The minimum atomic E-state index is 0.547. The van der Waals surface area contributed by atoms with E-state index >= 15 is 0 Å². The smallest absolute Gasteiger partial charge is 0.191 e. The first-order valence-corrected chi connectivity index (χ1v) is 7.50. The number of nitrogens with zero attached hydrogens (tertiary/aromatic N) is 1. The summed E-state index contributed by atoms with van der Waals surface area (Å²) in [7, 11) is 1.86. The maximum absolute atomic E-state index is 4.30. The molecule has 2 aliphatic carbocycles. The monoisotopic (exact) mass is 249 g/mol. The van der Waals surface area contributed by atoms with Gasteiger partial charge in [-0.2, -0.15) is 0 Å². The average Bonchev–Trinajstić information content (AvgIpc) is 2.92. The van der Waals surface area contributed by atoms with Gasteiger partial charge in [-0.1, -0.05) is 44.3 Å². The Morgan fingerprint density at radius 2 is 1.89 bits per heavy atom. The van der Waals surface area contributed by atoms with Crippen LogP contribution < -0.4 is 10.6 Å². The molecule has 0 spiro atoms. The minimum absolute atomic E-state index is 0.547. The lowest BCUT2D eigenvalue weighted by Crippen LogP contribution is -2.43. The van der Waals surface area contributed by atoms with Crippen molar-refractivity contribution in [3.05, 3.63) is 12.2 Å². The molecule has 0 heterocycles. The average molecular weight is 249 g/mol. The van der Waals surface area contributed by atoms with Crippen LogP contribution in [0.5, 0.6) is 0 Å². The van der Waals surface area contributed by atoms with Crippen molar-refractivity contribution in [2.75, 3.05) is 13.6 Å². The second-order valence-electron chi connectivity index (χ2n) is 5.58. The summed E-state index contributed by atoms with van der Waals surface area (Å²) in [6, 6.07) is 0.547. The van der Waals surface area contributed by atoms with Gasteiger partial charge in [-0.15, -0.1) is 0 Å². The van der Waals surface area contributed by atoms with E-state index in [1.807, 2.05) is 7.05 Å². The maximum Gasteiger partial charge on any atom is 0.191 e. The van der Waals surface area contributed by atoms with Crippen LogP contribution in [0.4, 0.5) is 0 Å². The van der Waals surface area contributed by atoms with Crippen molar-refractivity contribution in [3.63, 3.8) is 0 Å². The molecule has 0 aromatic heterocycles. The molecule has 18 heavy (non-hydrogen) atoms. The van der Waals surface area contributed by atoms with Gasteiger partial charge in [0.05, 0.1) is 0 Å².